The summed E-state index contributed by atoms with van der Waals surface area (Å²) in [5, 5.41) is 19.6. The largest absolute Gasteiger partial charge is 0.508 e. The quantitative estimate of drug-likeness (QED) is 0.349. The molecule has 3 aromatic carbocycles. The molecule has 7 nitrogen and oxygen atoms in total. The number of hydrogen-bond donors (Lipinski definition) is 2. The van der Waals surface area contributed by atoms with Crippen LogP contribution in [0, 0.1) is 0 Å². The number of nitrogens with zero attached hydrogens (tertiary/aromatic N) is 3. The van der Waals surface area contributed by atoms with Crippen molar-refractivity contribution >= 4 is 28.6 Å². The Bertz CT molecular complexity index is 1470. The van der Waals surface area contributed by atoms with Gasteiger partial charge < -0.3 is 15.2 Å². The second-order valence-electron chi connectivity index (χ2n) is 8.33. The van der Waals surface area contributed by atoms with Crippen LogP contribution in [0.5, 0.6) is 11.5 Å². The first-order valence-corrected chi connectivity index (χ1v) is 12.7. The van der Waals surface area contributed by atoms with Crippen LogP contribution in [0.4, 0.5) is 5.69 Å². The van der Waals surface area contributed by atoms with Crippen LogP contribution in [0.1, 0.15) is 24.5 Å². The van der Waals surface area contributed by atoms with Crippen LogP contribution in [0.25, 0.3) is 11.3 Å². The lowest BCUT2D eigenvalue weighted by molar-refractivity contribution is -0.118. The zero-order chi connectivity index (χ0) is 24.9. The van der Waals surface area contributed by atoms with E-state index in [9.17, 15) is 9.90 Å². The number of ether oxygens (including phenoxy) is 1. The number of rotatable bonds is 7. The third kappa shape index (κ3) is 5.23. The van der Waals surface area contributed by atoms with Gasteiger partial charge in [0.1, 0.15) is 11.5 Å². The molecule has 0 radical (unpaired) electrons. The summed E-state index contributed by atoms with van der Waals surface area (Å²) in [5.74, 6) is 0.691. The van der Waals surface area contributed by atoms with Gasteiger partial charge in [-0.2, -0.15) is 5.10 Å². The molecule has 0 saturated carbocycles. The van der Waals surface area contributed by atoms with E-state index in [0.717, 1.165) is 33.8 Å². The molecule has 1 aliphatic rings. The highest BCUT2D eigenvalue weighted by Crippen LogP contribution is 2.33. The lowest BCUT2D eigenvalue weighted by Crippen LogP contribution is -2.25. The topological polar surface area (TPSA) is 88.2 Å². The maximum Gasteiger partial charge on any atom is 0.262 e. The summed E-state index contributed by atoms with van der Waals surface area (Å²) >= 11 is 1.52. The molecular weight excluding hydrogens is 472 g/mol. The van der Waals surface area contributed by atoms with Crippen LogP contribution >= 0.6 is 11.3 Å². The molecule has 1 aromatic heterocycles. The molecule has 5 rings (SSSR count). The summed E-state index contributed by atoms with van der Waals surface area (Å²) in [6, 6.07) is 23.1. The number of nitrogens with one attached hydrogen (secondary N) is 1. The van der Waals surface area contributed by atoms with Gasteiger partial charge in [0, 0.05) is 17.5 Å². The minimum atomic E-state index is -0.173. The molecule has 36 heavy (non-hydrogen) atoms. The van der Waals surface area contributed by atoms with E-state index in [-0.39, 0.29) is 18.3 Å². The van der Waals surface area contributed by atoms with Gasteiger partial charge in [-0.15, -0.1) is 11.3 Å². The van der Waals surface area contributed by atoms with Crippen molar-refractivity contribution in [2.24, 2.45) is 10.1 Å². The average Bonchev–Trinajstić information content (AvgIpc) is 3.30. The first-order chi connectivity index (χ1) is 17.6. The van der Waals surface area contributed by atoms with E-state index in [0.29, 0.717) is 24.4 Å². The first kappa shape index (κ1) is 23.6. The number of carbonyl (C=O) groups is 1. The van der Waals surface area contributed by atoms with Crippen LogP contribution in [-0.4, -0.2) is 34.6 Å². The molecule has 4 aromatic rings. The molecule has 2 heterocycles. The van der Waals surface area contributed by atoms with Crippen LogP contribution in [0.15, 0.2) is 88.3 Å². The van der Waals surface area contributed by atoms with E-state index in [1.54, 1.807) is 12.1 Å². The highest BCUT2D eigenvalue weighted by molar-refractivity contribution is 7.07. The predicted molar refractivity (Wildman–Crippen MR) is 143 cm³/mol. The molecule has 0 fully saturated rings. The number of amides is 1. The van der Waals surface area contributed by atoms with Gasteiger partial charge in [-0.25, -0.2) is 4.68 Å². The Labute approximate surface area is 213 Å². The molecule has 0 spiro atoms. The van der Waals surface area contributed by atoms with Crippen molar-refractivity contribution in [3.8, 4) is 22.8 Å². The van der Waals surface area contributed by atoms with Crippen molar-refractivity contribution in [3.63, 3.8) is 0 Å². The van der Waals surface area contributed by atoms with E-state index in [1.165, 1.54) is 16.9 Å². The molecule has 0 bridgehead atoms. The predicted octanol–water partition coefficient (Wildman–Crippen LogP) is 5.06. The summed E-state index contributed by atoms with van der Waals surface area (Å²) in [6.07, 6.45) is 1.53. The van der Waals surface area contributed by atoms with E-state index in [4.69, 9.17) is 14.8 Å². The fourth-order valence-electron chi connectivity index (χ4n) is 3.98. The van der Waals surface area contributed by atoms with Crippen LogP contribution < -0.4 is 14.9 Å². The summed E-state index contributed by atoms with van der Waals surface area (Å²) in [5.41, 5.74) is 5.44. The summed E-state index contributed by atoms with van der Waals surface area (Å²) in [4.78, 5) is 17.5. The third-order valence-electron chi connectivity index (χ3n) is 5.84. The van der Waals surface area contributed by atoms with E-state index < -0.39 is 0 Å². The molecule has 0 unspecified atom stereocenters. The van der Waals surface area contributed by atoms with Gasteiger partial charge in [0.05, 0.1) is 17.1 Å². The molecule has 182 valence electrons. The van der Waals surface area contributed by atoms with Gasteiger partial charge in [-0.1, -0.05) is 37.3 Å². The van der Waals surface area contributed by atoms with E-state index >= 15 is 0 Å². The number of benzene rings is 3. The van der Waals surface area contributed by atoms with Crippen LogP contribution in [0.3, 0.4) is 0 Å². The van der Waals surface area contributed by atoms with Crippen LogP contribution in [-0.2, 0) is 11.2 Å². The maximum atomic E-state index is 11.9. The van der Waals surface area contributed by atoms with Gasteiger partial charge in [0.15, 0.2) is 6.61 Å². The molecule has 2 N–H and O–H groups in total. The second-order valence-corrected chi connectivity index (χ2v) is 9.16. The molecule has 1 amide bonds. The van der Waals surface area contributed by atoms with Crippen molar-refractivity contribution in [3.05, 3.63) is 94.1 Å². The Morgan fingerprint density at radius 3 is 2.69 bits per heavy atom. The first-order valence-electron chi connectivity index (χ1n) is 11.8. The number of aromatic hydroxyl groups is 1. The number of phenolic OH excluding ortho intramolecular Hbond substituents is 1. The number of hydrogen-bond acceptors (Lipinski definition) is 6. The Morgan fingerprint density at radius 2 is 1.92 bits per heavy atom. The van der Waals surface area contributed by atoms with Gasteiger partial charge >= 0.3 is 0 Å². The van der Waals surface area contributed by atoms with Crippen molar-refractivity contribution in [1.29, 1.82) is 0 Å². The minimum Gasteiger partial charge on any atom is -0.508 e. The van der Waals surface area contributed by atoms with Gasteiger partial charge in [0.25, 0.3) is 5.91 Å². The summed E-state index contributed by atoms with van der Waals surface area (Å²) in [7, 11) is 0. The molecule has 1 aliphatic heterocycles. The zero-order valence-corrected chi connectivity index (χ0v) is 20.7. The number of aromatic nitrogens is 1. The smallest absolute Gasteiger partial charge is 0.262 e. The summed E-state index contributed by atoms with van der Waals surface area (Å²) in [6.45, 7) is 2.70. The fraction of sp³-hybridized carbons (Fsp3) is 0.179. The van der Waals surface area contributed by atoms with Gasteiger partial charge in [-0.3, -0.25) is 9.79 Å². The molecule has 0 saturated heterocycles. The number of phenols is 1. The molecule has 0 atom stereocenters. The zero-order valence-electron chi connectivity index (χ0n) is 19.8. The van der Waals surface area contributed by atoms with E-state index in [1.807, 2.05) is 58.6 Å². The highest BCUT2D eigenvalue weighted by Gasteiger charge is 2.18. The SMILES string of the molecule is CCC(=Nn1c(-c2ccc3c(c2)NC(=O)CO3)csc1=NCCc1ccccc1)c1ccc(O)cc1. The monoisotopic (exact) mass is 498 g/mol. The number of carbonyl (C=O) groups excluding carboxylic acids is 1. The maximum absolute atomic E-state index is 11.9. The van der Waals surface area contributed by atoms with Gasteiger partial charge in [-0.05, 0) is 66.4 Å². The normalized spacial score (nSPS) is 13.8. The third-order valence-corrected chi connectivity index (χ3v) is 6.69. The van der Waals surface area contributed by atoms with Crippen molar-refractivity contribution in [2.75, 3.05) is 18.5 Å². The average molecular weight is 499 g/mol. The standard InChI is InChI=1S/C28H26N4O3S/c1-2-23(20-8-11-22(33)12-9-20)31-32-25(21-10-13-26-24(16-21)30-27(34)17-35-26)18-36-28(32)29-15-14-19-6-4-3-5-7-19/h3-13,16,18,33H,2,14-15,17H2,1H3,(H,30,34). The Balaban J connectivity index is 1.57. The highest BCUT2D eigenvalue weighted by atomic mass is 32.1. The number of thiazole rings is 1. The van der Waals surface area contributed by atoms with Crippen molar-refractivity contribution in [2.45, 2.75) is 19.8 Å². The number of anilines is 1. The Kier molecular flexibility index (Phi) is 6.95. The van der Waals surface area contributed by atoms with E-state index in [2.05, 4.69) is 24.4 Å². The Hall–Kier alpha value is -4.17. The Morgan fingerprint density at radius 1 is 1.11 bits per heavy atom. The number of fused-ring (bicyclic) bond motifs is 1. The summed E-state index contributed by atoms with van der Waals surface area (Å²) < 4.78 is 7.39. The lowest BCUT2D eigenvalue weighted by atomic mass is 10.1. The molecule has 8 heteroatoms. The van der Waals surface area contributed by atoms with Crippen molar-refractivity contribution < 1.29 is 14.6 Å². The fourth-order valence-corrected chi connectivity index (χ4v) is 4.84. The van der Waals surface area contributed by atoms with Gasteiger partial charge in [0.2, 0.25) is 4.80 Å². The van der Waals surface area contributed by atoms with Crippen molar-refractivity contribution in [1.82, 2.24) is 4.68 Å². The van der Waals surface area contributed by atoms with Crippen LogP contribution in [0.2, 0.25) is 0 Å². The molecular formula is C28H26N4O3S. The lowest BCUT2D eigenvalue weighted by Gasteiger charge is -2.18. The minimum absolute atomic E-state index is 0.0199. The second kappa shape index (κ2) is 10.6. The molecule has 0 aliphatic carbocycles.